The summed E-state index contributed by atoms with van der Waals surface area (Å²) in [6, 6.07) is 0. The van der Waals surface area contributed by atoms with E-state index in [1.165, 1.54) is 141 Å². The van der Waals surface area contributed by atoms with Crippen LogP contribution in [0.25, 0.3) is 0 Å². The van der Waals surface area contributed by atoms with Crippen LogP contribution in [0.15, 0.2) is 122 Å². The van der Waals surface area contributed by atoms with Crippen LogP contribution in [0.3, 0.4) is 0 Å². The van der Waals surface area contributed by atoms with Crippen LogP contribution in [0.4, 0.5) is 0 Å². The highest BCUT2D eigenvalue weighted by molar-refractivity contribution is 5.71. The normalized spacial score (nSPS) is 12.9. The molecule has 0 aliphatic heterocycles. The molecule has 0 radical (unpaired) electrons. The molecule has 0 amide bonds. The molecule has 0 bridgehead atoms. The average molecular weight is 1150 g/mol. The fourth-order valence-corrected chi connectivity index (χ4v) is 9.73. The topological polar surface area (TPSA) is 78.9 Å². The SMILES string of the molecule is CC/C=C\C/C=C\C/C=C\C/C=C\C/C=C\C/C=C\C/C=C\C/C=C\CCCCCCCCCCC(=O)OCC(COC(=O)CCCCCCC/C=C\C/C=C\CCC)OC(=O)CCCCCCCCCCCCCCCCCCCCC. The van der Waals surface area contributed by atoms with Crippen molar-refractivity contribution in [2.45, 2.75) is 335 Å². The fraction of sp³-hybridized carbons (Fsp3) is 0.701. The summed E-state index contributed by atoms with van der Waals surface area (Å²) in [6.07, 6.45) is 97.9. The molecule has 0 aromatic carbocycles. The van der Waals surface area contributed by atoms with Crippen molar-refractivity contribution in [1.82, 2.24) is 0 Å². The highest BCUT2D eigenvalue weighted by atomic mass is 16.6. The van der Waals surface area contributed by atoms with Crippen molar-refractivity contribution in [2.24, 2.45) is 0 Å². The van der Waals surface area contributed by atoms with E-state index in [0.29, 0.717) is 19.3 Å². The summed E-state index contributed by atoms with van der Waals surface area (Å²) in [5, 5.41) is 0. The van der Waals surface area contributed by atoms with Gasteiger partial charge >= 0.3 is 17.9 Å². The van der Waals surface area contributed by atoms with Crippen molar-refractivity contribution in [3.63, 3.8) is 0 Å². The maximum atomic E-state index is 12.9. The summed E-state index contributed by atoms with van der Waals surface area (Å²) in [5.74, 6) is -0.895. The molecule has 0 saturated heterocycles. The van der Waals surface area contributed by atoms with Gasteiger partial charge in [-0.25, -0.2) is 0 Å². The molecule has 1 unspecified atom stereocenters. The second-order valence-corrected chi connectivity index (χ2v) is 23.1. The Morgan fingerprint density at radius 3 is 0.783 bits per heavy atom. The van der Waals surface area contributed by atoms with Gasteiger partial charge in [-0.15, -0.1) is 0 Å². The van der Waals surface area contributed by atoms with Gasteiger partial charge in [-0.3, -0.25) is 14.4 Å². The van der Waals surface area contributed by atoms with Crippen molar-refractivity contribution in [3.05, 3.63) is 122 Å². The van der Waals surface area contributed by atoms with Crippen molar-refractivity contribution in [3.8, 4) is 0 Å². The van der Waals surface area contributed by atoms with Crippen LogP contribution >= 0.6 is 0 Å². The second-order valence-electron chi connectivity index (χ2n) is 23.1. The first-order valence-electron chi connectivity index (χ1n) is 35.0. The summed E-state index contributed by atoms with van der Waals surface area (Å²) >= 11 is 0. The van der Waals surface area contributed by atoms with Crippen molar-refractivity contribution >= 4 is 17.9 Å². The zero-order valence-electron chi connectivity index (χ0n) is 54.4. The fourth-order valence-electron chi connectivity index (χ4n) is 9.73. The minimum Gasteiger partial charge on any atom is -0.462 e. The van der Waals surface area contributed by atoms with Crippen LogP contribution < -0.4 is 0 Å². The molecule has 474 valence electrons. The van der Waals surface area contributed by atoms with Crippen LogP contribution in [-0.2, 0) is 28.6 Å². The van der Waals surface area contributed by atoms with E-state index in [0.717, 1.165) is 148 Å². The van der Waals surface area contributed by atoms with Gasteiger partial charge in [0.2, 0.25) is 0 Å². The molecule has 0 aliphatic rings. The van der Waals surface area contributed by atoms with Gasteiger partial charge in [0.15, 0.2) is 6.10 Å². The predicted octanol–water partition coefficient (Wildman–Crippen LogP) is 24.3. The second kappa shape index (κ2) is 70.3. The number of hydrogen-bond donors (Lipinski definition) is 0. The van der Waals surface area contributed by atoms with Gasteiger partial charge in [0.05, 0.1) is 0 Å². The van der Waals surface area contributed by atoms with Gasteiger partial charge < -0.3 is 14.2 Å². The standard InChI is InChI=1S/C77H130O6/c1-4-7-10-13-16-19-22-25-27-29-31-32-33-34-35-36-37-38-39-40-41-42-43-44-46-47-49-52-55-58-61-64-67-70-76(79)82-73-74(72-81-75(78)69-66-63-60-57-54-51-24-21-18-15-12-9-6-3)83-77(80)71-68-65-62-59-56-53-50-48-45-30-28-26-23-20-17-14-11-8-5-2/h7,10,12,15-16,19,21,24-25,27,31-32,34-35,37-38,40-41,43-44,74H,4-6,8-9,11,13-14,17-18,20,22-23,26,28-30,33,36,39,42,45-73H2,1-3H3/b10-7-,15-12-,19-16-,24-21-,27-25-,32-31-,35-34-,38-37-,41-40-,44-43-. The summed E-state index contributed by atoms with van der Waals surface area (Å²) in [4.78, 5) is 38.4. The molecule has 0 saturated carbocycles. The molecule has 0 aliphatic carbocycles. The van der Waals surface area contributed by atoms with E-state index in [9.17, 15) is 14.4 Å². The highest BCUT2D eigenvalue weighted by Crippen LogP contribution is 2.17. The molecular formula is C77H130O6. The zero-order chi connectivity index (χ0) is 59.9. The lowest BCUT2D eigenvalue weighted by molar-refractivity contribution is -0.167. The van der Waals surface area contributed by atoms with Gasteiger partial charge in [0.1, 0.15) is 13.2 Å². The minimum absolute atomic E-state index is 0.0858. The quantitative estimate of drug-likeness (QED) is 0.0261. The van der Waals surface area contributed by atoms with E-state index in [2.05, 4.69) is 142 Å². The zero-order valence-corrected chi connectivity index (χ0v) is 54.4. The first-order chi connectivity index (χ1) is 41.0. The Kier molecular flexibility index (Phi) is 66.7. The van der Waals surface area contributed by atoms with E-state index in [1.54, 1.807) is 0 Å². The number of hydrogen-bond acceptors (Lipinski definition) is 6. The van der Waals surface area contributed by atoms with Crippen LogP contribution in [0.2, 0.25) is 0 Å². The van der Waals surface area contributed by atoms with Crippen molar-refractivity contribution < 1.29 is 28.6 Å². The van der Waals surface area contributed by atoms with Gasteiger partial charge in [-0.2, -0.15) is 0 Å². The summed E-state index contributed by atoms with van der Waals surface area (Å²) in [7, 11) is 0. The van der Waals surface area contributed by atoms with Crippen LogP contribution in [0, 0.1) is 0 Å². The smallest absolute Gasteiger partial charge is 0.306 e. The van der Waals surface area contributed by atoms with E-state index in [-0.39, 0.29) is 31.1 Å². The summed E-state index contributed by atoms with van der Waals surface area (Å²) < 4.78 is 16.9. The van der Waals surface area contributed by atoms with Crippen molar-refractivity contribution in [2.75, 3.05) is 13.2 Å². The van der Waals surface area contributed by atoms with Crippen LogP contribution in [0.1, 0.15) is 329 Å². The third-order valence-corrected chi connectivity index (χ3v) is 14.9. The Bertz CT molecular complexity index is 1700. The Balaban J connectivity index is 4.28. The Labute approximate surface area is 513 Å². The third-order valence-electron chi connectivity index (χ3n) is 14.9. The largest absolute Gasteiger partial charge is 0.462 e. The van der Waals surface area contributed by atoms with Gasteiger partial charge in [-0.05, 0) is 109 Å². The monoisotopic (exact) mass is 1150 g/mol. The lowest BCUT2D eigenvalue weighted by atomic mass is 10.0. The van der Waals surface area contributed by atoms with Gasteiger partial charge in [-0.1, -0.05) is 322 Å². The number of unbranched alkanes of at least 4 members (excludes halogenated alkanes) is 32. The summed E-state index contributed by atoms with van der Waals surface area (Å²) in [6.45, 7) is 6.48. The maximum absolute atomic E-state index is 12.9. The molecule has 0 N–H and O–H groups in total. The first-order valence-corrected chi connectivity index (χ1v) is 35.0. The third kappa shape index (κ3) is 68.5. The van der Waals surface area contributed by atoms with Crippen LogP contribution in [-0.4, -0.2) is 37.2 Å². The predicted molar refractivity (Wildman–Crippen MR) is 362 cm³/mol. The lowest BCUT2D eigenvalue weighted by Gasteiger charge is -2.18. The molecule has 0 heterocycles. The van der Waals surface area contributed by atoms with E-state index < -0.39 is 6.10 Å². The number of allylic oxidation sites excluding steroid dienone is 20. The number of carbonyl (C=O) groups is 3. The molecular weight excluding hydrogens is 1020 g/mol. The van der Waals surface area contributed by atoms with Gasteiger partial charge in [0.25, 0.3) is 0 Å². The number of ether oxygens (including phenoxy) is 3. The number of carbonyl (C=O) groups excluding carboxylic acids is 3. The van der Waals surface area contributed by atoms with E-state index in [4.69, 9.17) is 14.2 Å². The minimum atomic E-state index is -0.789. The number of rotatable bonds is 63. The lowest BCUT2D eigenvalue weighted by Crippen LogP contribution is -2.30. The first kappa shape index (κ1) is 78.8. The molecule has 0 aromatic heterocycles. The van der Waals surface area contributed by atoms with E-state index in [1.807, 2.05) is 0 Å². The average Bonchev–Trinajstić information content (AvgIpc) is 3.49. The Morgan fingerprint density at radius 2 is 0.494 bits per heavy atom. The Hall–Kier alpha value is -4.19. The van der Waals surface area contributed by atoms with Crippen LogP contribution in [0.5, 0.6) is 0 Å². The molecule has 1 atom stereocenters. The molecule has 0 aromatic rings. The van der Waals surface area contributed by atoms with Gasteiger partial charge in [0, 0.05) is 19.3 Å². The molecule has 0 spiro atoms. The van der Waals surface area contributed by atoms with Crippen molar-refractivity contribution in [1.29, 1.82) is 0 Å². The molecule has 83 heavy (non-hydrogen) atoms. The molecule has 6 nitrogen and oxygen atoms in total. The number of esters is 3. The maximum Gasteiger partial charge on any atom is 0.306 e. The molecule has 0 fully saturated rings. The summed E-state index contributed by atoms with van der Waals surface area (Å²) in [5.41, 5.74) is 0. The highest BCUT2D eigenvalue weighted by Gasteiger charge is 2.19. The van der Waals surface area contributed by atoms with E-state index >= 15 is 0 Å². The Morgan fingerprint density at radius 1 is 0.253 bits per heavy atom. The molecule has 0 rings (SSSR count). The molecule has 6 heteroatoms.